The number of halogens is 2. The number of hydrogen-bond donors (Lipinski definition) is 1. The summed E-state index contributed by atoms with van der Waals surface area (Å²) in [6.45, 7) is 2.01. The normalized spacial score (nSPS) is 14.1. The summed E-state index contributed by atoms with van der Waals surface area (Å²) in [6.07, 6.45) is 4.69. The van der Waals surface area contributed by atoms with Gasteiger partial charge in [-0.1, -0.05) is 11.6 Å². The Hall–Kier alpha value is -3.64. The van der Waals surface area contributed by atoms with Crippen molar-refractivity contribution in [2.45, 2.75) is 12.8 Å². The molecule has 0 radical (unpaired) electrons. The predicted molar refractivity (Wildman–Crippen MR) is 135 cm³/mol. The maximum Gasteiger partial charge on any atom is 0.319 e. The zero-order chi connectivity index (χ0) is 26.4. The Kier molecular flexibility index (Phi) is 8.62. The Bertz CT molecular complexity index is 1260. The quantitative estimate of drug-likeness (QED) is 0.410. The monoisotopic (exact) mass is 531 g/mol. The summed E-state index contributed by atoms with van der Waals surface area (Å²) < 4.78 is 23.0. The van der Waals surface area contributed by atoms with Crippen LogP contribution in [0.4, 0.5) is 21.8 Å². The van der Waals surface area contributed by atoms with Crippen LogP contribution >= 0.6 is 11.6 Å². The SMILES string of the molecule is COC(=O)CN(CC(=O)OC)CC1CCN(c2ncc3ncnc(Nc4ccc(F)c(Cl)c4)c3n2)CC1. The molecule has 196 valence electrons. The van der Waals surface area contributed by atoms with Gasteiger partial charge >= 0.3 is 11.9 Å². The fourth-order valence-electron chi connectivity index (χ4n) is 4.16. The molecule has 0 unspecified atom stereocenters. The number of aromatic nitrogens is 4. The molecule has 2 aromatic heterocycles. The van der Waals surface area contributed by atoms with Crippen LogP contribution in [0.25, 0.3) is 11.0 Å². The molecule has 0 saturated carbocycles. The summed E-state index contributed by atoms with van der Waals surface area (Å²) in [5.74, 6) is -0.0448. The third-order valence-corrected chi connectivity index (χ3v) is 6.41. The summed E-state index contributed by atoms with van der Waals surface area (Å²) in [7, 11) is 2.64. The lowest BCUT2D eigenvalue weighted by Crippen LogP contribution is -2.43. The van der Waals surface area contributed by atoms with E-state index in [9.17, 15) is 14.0 Å². The predicted octanol–water partition coefficient (Wildman–Crippen LogP) is 2.82. The van der Waals surface area contributed by atoms with Crippen LogP contribution in [0.15, 0.2) is 30.7 Å². The Morgan fingerprint density at radius 2 is 1.84 bits per heavy atom. The largest absolute Gasteiger partial charge is 0.468 e. The van der Waals surface area contributed by atoms with Gasteiger partial charge in [0.1, 0.15) is 23.2 Å². The lowest BCUT2D eigenvalue weighted by molar-refractivity contribution is -0.145. The molecule has 1 aliphatic heterocycles. The van der Waals surface area contributed by atoms with Gasteiger partial charge < -0.3 is 19.7 Å². The molecule has 1 aliphatic rings. The Labute approximate surface area is 218 Å². The smallest absolute Gasteiger partial charge is 0.319 e. The van der Waals surface area contributed by atoms with Crippen molar-refractivity contribution in [3.05, 3.63) is 41.6 Å². The fourth-order valence-corrected chi connectivity index (χ4v) is 4.34. The van der Waals surface area contributed by atoms with Gasteiger partial charge in [0.15, 0.2) is 5.82 Å². The molecule has 0 amide bonds. The van der Waals surface area contributed by atoms with Gasteiger partial charge in [-0.05, 0) is 37.0 Å². The van der Waals surface area contributed by atoms with E-state index in [1.807, 2.05) is 0 Å². The average Bonchev–Trinajstić information content (AvgIpc) is 2.91. The molecule has 11 nitrogen and oxygen atoms in total. The number of hydrogen-bond acceptors (Lipinski definition) is 11. The standard InChI is InChI=1S/C24H27ClFN7O4/c1-36-20(34)12-32(13-21(35)37-2)11-15-5-7-33(8-6-15)24-27-10-19-22(31-24)23(29-14-28-19)30-16-3-4-18(26)17(25)9-16/h3-4,9-10,14-15H,5-8,11-13H2,1-2H3,(H,28,29,30). The second-order valence-corrected chi connectivity index (χ2v) is 9.04. The van der Waals surface area contributed by atoms with Crippen molar-refractivity contribution < 1.29 is 23.5 Å². The third kappa shape index (κ3) is 6.77. The lowest BCUT2D eigenvalue weighted by atomic mass is 9.96. The van der Waals surface area contributed by atoms with Crippen LogP contribution in [0.1, 0.15) is 12.8 Å². The first-order valence-electron chi connectivity index (χ1n) is 11.7. The molecule has 1 aromatic carbocycles. The molecule has 0 atom stereocenters. The molecule has 4 rings (SSSR count). The Morgan fingerprint density at radius 1 is 1.14 bits per heavy atom. The molecule has 37 heavy (non-hydrogen) atoms. The van der Waals surface area contributed by atoms with Crippen molar-refractivity contribution in [1.29, 1.82) is 0 Å². The summed E-state index contributed by atoms with van der Waals surface area (Å²) in [6, 6.07) is 4.31. The van der Waals surface area contributed by atoms with Crippen molar-refractivity contribution >= 4 is 52.0 Å². The first kappa shape index (κ1) is 26.4. The van der Waals surface area contributed by atoms with Gasteiger partial charge in [-0.3, -0.25) is 14.5 Å². The number of anilines is 3. The highest BCUT2D eigenvalue weighted by Gasteiger charge is 2.25. The highest BCUT2D eigenvalue weighted by molar-refractivity contribution is 6.31. The zero-order valence-corrected chi connectivity index (χ0v) is 21.2. The van der Waals surface area contributed by atoms with E-state index in [-0.39, 0.29) is 24.0 Å². The minimum atomic E-state index is -0.508. The summed E-state index contributed by atoms with van der Waals surface area (Å²) >= 11 is 5.90. The summed E-state index contributed by atoms with van der Waals surface area (Å²) in [4.78, 5) is 45.1. The number of piperidine rings is 1. The number of benzene rings is 1. The number of nitrogens with zero attached hydrogens (tertiary/aromatic N) is 6. The molecule has 3 heterocycles. The lowest BCUT2D eigenvalue weighted by Gasteiger charge is -2.34. The van der Waals surface area contributed by atoms with Crippen molar-refractivity contribution in [3.8, 4) is 0 Å². The van der Waals surface area contributed by atoms with E-state index in [1.54, 1.807) is 17.2 Å². The highest BCUT2D eigenvalue weighted by Crippen LogP contribution is 2.27. The molecule has 1 fully saturated rings. The van der Waals surface area contributed by atoms with E-state index >= 15 is 0 Å². The minimum Gasteiger partial charge on any atom is -0.468 e. The maximum absolute atomic E-state index is 13.5. The summed E-state index contributed by atoms with van der Waals surface area (Å²) in [5, 5.41) is 3.12. The molecule has 0 spiro atoms. The number of rotatable bonds is 9. The first-order chi connectivity index (χ1) is 17.9. The van der Waals surface area contributed by atoms with Crippen molar-refractivity contribution in [3.63, 3.8) is 0 Å². The minimum absolute atomic E-state index is 0.00159. The first-order valence-corrected chi connectivity index (χ1v) is 12.0. The number of nitrogens with one attached hydrogen (secondary N) is 1. The van der Waals surface area contributed by atoms with Crippen LogP contribution < -0.4 is 10.2 Å². The molecule has 1 N–H and O–H groups in total. The number of esters is 2. The third-order valence-electron chi connectivity index (χ3n) is 6.12. The number of ether oxygens (including phenoxy) is 2. The highest BCUT2D eigenvalue weighted by atomic mass is 35.5. The second kappa shape index (κ2) is 12.1. The molecule has 3 aromatic rings. The van der Waals surface area contributed by atoms with Crippen LogP contribution in [0, 0.1) is 11.7 Å². The van der Waals surface area contributed by atoms with E-state index in [2.05, 4.69) is 25.2 Å². The van der Waals surface area contributed by atoms with E-state index in [4.69, 9.17) is 26.1 Å². The average molecular weight is 532 g/mol. The zero-order valence-electron chi connectivity index (χ0n) is 20.5. The molecule has 0 bridgehead atoms. The number of fused-ring (bicyclic) bond motifs is 1. The van der Waals surface area contributed by atoms with Crippen molar-refractivity contribution in [2.24, 2.45) is 5.92 Å². The topological polar surface area (TPSA) is 123 Å². The number of methoxy groups -OCH3 is 2. The van der Waals surface area contributed by atoms with Crippen LogP contribution in [0.5, 0.6) is 0 Å². The number of carbonyl (C=O) groups excluding carboxylic acids is 2. The molecule has 13 heteroatoms. The molecule has 1 saturated heterocycles. The fraction of sp³-hybridized carbons (Fsp3) is 0.417. The summed E-state index contributed by atoms with van der Waals surface area (Å²) in [5.41, 5.74) is 1.65. The van der Waals surface area contributed by atoms with Gasteiger partial charge in [0.05, 0.1) is 38.5 Å². The van der Waals surface area contributed by atoms with Gasteiger partial charge in [0.2, 0.25) is 5.95 Å². The van der Waals surface area contributed by atoms with Gasteiger partial charge in [0.25, 0.3) is 0 Å². The van der Waals surface area contributed by atoms with Gasteiger partial charge in [-0.25, -0.2) is 24.3 Å². The van der Waals surface area contributed by atoms with Crippen molar-refractivity contribution in [1.82, 2.24) is 24.8 Å². The van der Waals surface area contributed by atoms with Crippen LogP contribution in [-0.2, 0) is 19.1 Å². The Morgan fingerprint density at radius 3 is 2.49 bits per heavy atom. The van der Waals surface area contributed by atoms with Gasteiger partial charge in [0, 0.05) is 25.3 Å². The van der Waals surface area contributed by atoms with Crippen LogP contribution in [0.2, 0.25) is 5.02 Å². The van der Waals surface area contributed by atoms with Crippen LogP contribution in [-0.4, -0.2) is 83.7 Å². The van der Waals surface area contributed by atoms with E-state index in [1.165, 1.54) is 32.7 Å². The van der Waals surface area contributed by atoms with Gasteiger partial charge in [-0.15, -0.1) is 0 Å². The van der Waals surface area contributed by atoms with Gasteiger partial charge in [-0.2, -0.15) is 0 Å². The van der Waals surface area contributed by atoms with E-state index < -0.39 is 17.8 Å². The second-order valence-electron chi connectivity index (χ2n) is 8.63. The van der Waals surface area contributed by atoms with Crippen molar-refractivity contribution in [2.75, 3.05) is 57.2 Å². The molecular formula is C24H27ClFN7O4. The van der Waals surface area contributed by atoms with E-state index in [0.717, 1.165) is 12.8 Å². The molecular weight excluding hydrogens is 505 g/mol. The van der Waals surface area contributed by atoms with Crippen LogP contribution in [0.3, 0.4) is 0 Å². The number of carbonyl (C=O) groups is 2. The van der Waals surface area contributed by atoms with E-state index in [0.29, 0.717) is 48.1 Å². The molecule has 0 aliphatic carbocycles. The maximum atomic E-state index is 13.5. The Balaban J connectivity index is 1.44.